The number of H-pyrrole nitrogens is 1. The Morgan fingerprint density at radius 3 is 2.71 bits per heavy atom. The van der Waals surface area contributed by atoms with Crippen molar-refractivity contribution in [2.24, 2.45) is 0 Å². The van der Waals surface area contributed by atoms with Crippen LogP contribution in [-0.2, 0) is 6.42 Å². The van der Waals surface area contributed by atoms with Crippen molar-refractivity contribution in [3.63, 3.8) is 0 Å². The van der Waals surface area contributed by atoms with Crippen LogP contribution in [0.4, 0.5) is 4.39 Å². The number of methoxy groups -OCH3 is 1. The number of aromatic nitrogens is 4. The van der Waals surface area contributed by atoms with Gasteiger partial charge in [0.25, 0.3) is 0 Å². The van der Waals surface area contributed by atoms with Crippen molar-refractivity contribution in [1.82, 2.24) is 19.5 Å². The Balaban J connectivity index is 1.76. The van der Waals surface area contributed by atoms with Crippen LogP contribution in [0, 0.1) is 17.1 Å². The summed E-state index contributed by atoms with van der Waals surface area (Å²) in [6, 6.07) is 16.0. The molecule has 0 amide bonds. The molecule has 0 spiro atoms. The Hall–Kier alpha value is -3.86. The molecule has 1 N–H and O–H groups in total. The van der Waals surface area contributed by atoms with Gasteiger partial charge in [-0.3, -0.25) is 0 Å². The van der Waals surface area contributed by atoms with Crippen molar-refractivity contribution < 1.29 is 9.13 Å². The number of nitrogens with one attached hydrogen (secondary N) is 1. The Labute approximate surface area is 204 Å². The first-order valence-electron chi connectivity index (χ1n) is 10.2. The monoisotopic (exact) mass is 491 g/mol. The Morgan fingerprint density at radius 1 is 1.18 bits per heavy atom. The number of benzene rings is 2. The molecule has 0 aliphatic carbocycles. The number of pyridine rings is 1. The van der Waals surface area contributed by atoms with Crippen LogP contribution in [0.3, 0.4) is 0 Å². The summed E-state index contributed by atoms with van der Waals surface area (Å²) < 4.78 is 22.1. The summed E-state index contributed by atoms with van der Waals surface area (Å²) in [4.78, 5) is 12.4. The van der Waals surface area contributed by atoms with E-state index in [1.807, 2.05) is 18.2 Å². The van der Waals surface area contributed by atoms with Crippen molar-refractivity contribution in [3.8, 4) is 40.3 Å². The minimum Gasteiger partial charge on any atom is -0.480 e. The highest BCUT2D eigenvalue weighted by molar-refractivity contribution is 6.31. The Morgan fingerprint density at radius 2 is 1.97 bits per heavy atom. The molecule has 3 heterocycles. The highest BCUT2D eigenvalue weighted by Crippen LogP contribution is 2.37. The minimum atomic E-state index is -0.535. The maximum Gasteiger partial charge on any atom is 0.224 e. The zero-order chi connectivity index (χ0) is 23.8. The predicted octanol–water partition coefficient (Wildman–Crippen LogP) is 6.60. The van der Waals surface area contributed by atoms with Gasteiger partial charge < -0.3 is 14.3 Å². The number of nitriles is 1. The van der Waals surface area contributed by atoms with Crippen LogP contribution in [0.1, 0.15) is 5.56 Å². The molecule has 9 heteroatoms. The van der Waals surface area contributed by atoms with E-state index in [0.717, 1.165) is 11.1 Å². The molecule has 6 nitrogen and oxygen atoms in total. The van der Waals surface area contributed by atoms with Crippen LogP contribution in [0.2, 0.25) is 10.0 Å². The number of aromatic amines is 1. The molecule has 0 radical (unpaired) electrons. The molecule has 0 atom stereocenters. The summed E-state index contributed by atoms with van der Waals surface area (Å²) in [6.45, 7) is 0. The molecule has 0 saturated carbocycles. The third kappa shape index (κ3) is 3.77. The zero-order valence-corrected chi connectivity index (χ0v) is 19.3. The Bertz CT molecular complexity index is 1570. The summed E-state index contributed by atoms with van der Waals surface area (Å²) in [5, 5.41) is 9.67. The largest absolute Gasteiger partial charge is 0.480 e. The fraction of sp³-hybridized carbons (Fsp3) is 0.0800. The summed E-state index contributed by atoms with van der Waals surface area (Å²) in [5.74, 6) is 0.357. The van der Waals surface area contributed by atoms with Gasteiger partial charge in [0.1, 0.15) is 11.3 Å². The van der Waals surface area contributed by atoms with Crippen LogP contribution in [0.25, 0.3) is 39.4 Å². The lowest BCUT2D eigenvalue weighted by molar-refractivity contribution is 0.399. The number of halogens is 3. The van der Waals surface area contributed by atoms with Gasteiger partial charge in [-0.05, 0) is 35.9 Å². The second kappa shape index (κ2) is 8.82. The second-order valence-electron chi connectivity index (χ2n) is 7.51. The highest BCUT2D eigenvalue weighted by Gasteiger charge is 2.22. The molecule has 5 rings (SSSR count). The standard InChI is InChI=1S/C25H16Cl2FN5O/c1-34-25-17(11-14(9-10-29)12-30-25)24-31-19-13-33(20-4-2-3-18(27)21(20)28)23(22(19)32-24)15-5-7-16(26)8-6-15/h2-8,11-13H,9H2,1H3,(H,31,32). The average molecular weight is 492 g/mol. The van der Waals surface area contributed by atoms with Crippen LogP contribution in [0.5, 0.6) is 5.88 Å². The molecule has 0 unspecified atom stereocenters. The van der Waals surface area contributed by atoms with Gasteiger partial charge in [0.2, 0.25) is 5.88 Å². The SMILES string of the molecule is COc1ncc(CC#N)cc1-c1nc2c(-c3ccc(Cl)cc3)n(-c3cccc(Cl)c3F)cc2[nH]1. The van der Waals surface area contributed by atoms with Crippen LogP contribution in [-0.4, -0.2) is 26.6 Å². The molecule has 5 aromatic rings. The molecule has 2 aromatic carbocycles. The van der Waals surface area contributed by atoms with E-state index >= 15 is 0 Å². The normalized spacial score (nSPS) is 11.0. The van der Waals surface area contributed by atoms with Gasteiger partial charge in [-0.2, -0.15) is 5.26 Å². The van der Waals surface area contributed by atoms with Gasteiger partial charge in [0.05, 0.1) is 47.1 Å². The van der Waals surface area contributed by atoms with E-state index in [9.17, 15) is 4.39 Å². The van der Waals surface area contributed by atoms with Crippen molar-refractivity contribution in [2.45, 2.75) is 6.42 Å². The number of nitrogens with zero attached hydrogens (tertiary/aromatic N) is 4. The van der Waals surface area contributed by atoms with E-state index in [4.69, 9.17) is 38.2 Å². The summed E-state index contributed by atoms with van der Waals surface area (Å²) >= 11 is 12.2. The van der Waals surface area contributed by atoms with E-state index in [-0.39, 0.29) is 11.4 Å². The van der Waals surface area contributed by atoms with E-state index in [0.29, 0.717) is 44.7 Å². The smallest absolute Gasteiger partial charge is 0.224 e. The fourth-order valence-electron chi connectivity index (χ4n) is 3.86. The van der Waals surface area contributed by atoms with E-state index in [2.05, 4.69) is 16.0 Å². The quantitative estimate of drug-likeness (QED) is 0.300. The first kappa shape index (κ1) is 22.0. The van der Waals surface area contributed by atoms with Crippen LogP contribution < -0.4 is 4.74 Å². The summed E-state index contributed by atoms with van der Waals surface area (Å²) in [5.41, 5.74) is 4.39. The third-order valence-corrected chi connectivity index (χ3v) is 5.95. The lowest BCUT2D eigenvalue weighted by Gasteiger charge is -2.12. The number of rotatable bonds is 5. The van der Waals surface area contributed by atoms with Crippen molar-refractivity contribution in [3.05, 3.63) is 82.4 Å². The number of hydrogen-bond donors (Lipinski definition) is 1. The molecule has 0 fully saturated rings. The number of imidazole rings is 1. The van der Waals surface area contributed by atoms with Gasteiger partial charge in [0.15, 0.2) is 5.82 Å². The molecular formula is C25H16Cl2FN5O. The molecule has 168 valence electrons. The Kier molecular flexibility index (Phi) is 5.70. The number of hydrogen-bond acceptors (Lipinski definition) is 4. The lowest BCUT2D eigenvalue weighted by Crippen LogP contribution is -2.00. The predicted molar refractivity (Wildman–Crippen MR) is 130 cm³/mol. The van der Waals surface area contributed by atoms with E-state index < -0.39 is 5.82 Å². The first-order valence-corrected chi connectivity index (χ1v) is 11.0. The summed E-state index contributed by atoms with van der Waals surface area (Å²) in [7, 11) is 1.52. The molecular weight excluding hydrogens is 476 g/mol. The highest BCUT2D eigenvalue weighted by atomic mass is 35.5. The number of ether oxygens (including phenoxy) is 1. The van der Waals surface area contributed by atoms with Gasteiger partial charge >= 0.3 is 0 Å². The second-order valence-corrected chi connectivity index (χ2v) is 8.35. The maximum atomic E-state index is 15.0. The molecule has 0 aliphatic rings. The third-order valence-electron chi connectivity index (χ3n) is 5.40. The average Bonchev–Trinajstić information content (AvgIpc) is 3.40. The lowest BCUT2D eigenvalue weighted by atomic mass is 10.1. The van der Waals surface area contributed by atoms with Gasteiger partial charge in [0, 0.05) is 23.0 Å². The summed E-state index contributed by atoms with van der Waals surface area (Å²) in [6.07, 6.45) is 3.58. The van der Waals surface area contributed by atoms with Gasteiger partial charge in [-0.25, -0.2) is 14.4 Å². The minimum absolute atomic E-state index is 0.0238. The van der Waals surface area contributed by atoms with Crippen molar-refractivity contribution in [2.75, 3.05) is 7.11 Å². The molecule has 0 saturated heterocycles. The van der Waals surface area contributed by atoms with E-state index in [1.165, 1.54) is 13.2 Å². The van der Waals surface area contributed by atoms with Crippen molar-refractivity contribution in [1.29, 1.82) is 5.26 Å². The maximum absolute atomic E-state index is 15.0. The van der Waals surface area contributed by atoms with Crippen LogP contribution >= 0.6 is 23.2 Å². The van der Waals surface area contributed by atoms with Crippen LogP contribution in [0.15, 0.2) is 60.9 Å². The van der Waals surface area contributed by atoms with Gasteiger partial charge in [-0.1, -0.05) is 41.4 Å². The molecule has 3 aromatic heterocycles. The van der Waals surface area contributed by atoms with E-state index in [1.54, 1.807) is 41.2 Å². The first-order chi connectivity index (χ1) is 16.5. The molecule has 0 bridgehead atoms. The zero-order valence-electron chi connectivity index (χ0n) is 17.8. The fourth-order valence-corrected chi connectivity index (χ4v) is 4.16. The van der Waals surface area contributed by atoms with Gasteiger partial charge in [-0.15, -0.1) is 0 Å². The molecule has 0 aliphatic heterocycles. The van der Waals surface area contributed by atoms with Crippen molar-refractivity contribution >= 4 is 34.2 Å². The topological polar surface area (TPSA) is 79.5 Å². The molecule has 34 heavy (non-hydrogen) atoms. The number of fused-ring (bicyclic) bond motifs is 1.